The third-order valence-corrected chi connectivity index (χ3v) is 5.48. The number of rotatable bonds is 4. The average molecular weight is 393 g/mol. The van der Waals surface area contributed by atoms with Crippen LogP contribution in [0.4, 0.5) is 4.79 Å². The standard InChI is InChI=1S/C20H22Cl2N2O2/c1-2-18-13-23(20(25)26)11-12-24(18)19(14-3-7-16(21)8-4-14)15-5-9-17(22)10-6-15/h3-10,18-19H,2,11-13H2,1H3,(H,25,26). The topological polar surface area (TPSA) is 43.8 Å². The van der Waals surface area contributed by atoms with Crippen LogP contribution in [0.25, 0.3) is 0 Å². The van der Waals surface area contributed by atoms with E-state index in [1.54, 1.807) is 0 Å². The molecule has 26 heavy (non-hydrogen) atoms. The third kappa shape index (κ3) is 4.14. The molecule has 3 rings (SSSR count). The first-order valence-corrected chi connectivity index (χ1v) is 9.49. The molecule has 0 bridgehead atoms. The van der Waals surface area contributed by atoms with Crippen LogP contribution < -0.4 is 0 Å². The molecule has 138 valence electrons. The Balaban J connectivity index is 1.98. The van der Waals surface area contributed by atoms with E-state index in [-0.39, 0.29) is 12.1 Å². The molecule has 2 aromatic carbocycles. The van der Waals surface area contributed by atoms with Gasteiger partial charge in [-0.15, -0.1) is 0 Å². The van der Waals surface area contributed by atoms with E-state index in [4.69, 9.17) is 23.2 Å². The minimum Gasteiger partial charge on any atom is -0.465 e. The quantitative estimate of drug-likeness (QED) is 0.781. The maximum Gasteiger partial charge on any atom is 0.407 e. The SMILES string of the molecule is CCC1CN(C(=O)O)CCN1C(c1ccc(Cl)cc1)c1ccc(Cl)cc1. The summed E-state index contributed by atoms with van der Waals surface area (Å²) < 4.78 is 0. The van der Waals surface area contributed by atoms with Crippen LogP contribution in [-0.4, -0.2) is 46.7 Å². The van der Waals surface area contributed by atoms with E-state index < -0.39 is 6.09 Å². The number of nitrogens with zero attached hydrogens (tertiary/aromatic N) is 2. The Kier molecular flexibility index (Phi) is 6.07. The summed E-state index contributed by atoms with van der Waals surface area (Å²) in [5.41, 5.74) is 2.28. The molecule has 0 spiro atoms. The van der Waals surface area contributed by atoms with Gasteiger partial charge in [0.05, 0.1) is 6.04 Å². The highest BCUT2D eigenvalue weighted by molar-refractivity contribution is 6.30. The largest absolute Gasteiger partial charge is 0.465 e. The summed E-state index contributed by atoms with van der Waals surface area (Å²) in [5.74, 6) is 0. The number of piperazine rings is 1. The summed E-state index contributed by atoms with van der Waals surface area (Å²) in [6, 6.07) is 15.9. The van der Waals surface area contributed by atoms with Crippen LogP contribution in [0, 0.1) is 0 Å². The molecule has 1 N–H and O–H groups in total. The van der Waals surface area contributed by atoms with Crippen LogP contribution in [0.3, 0.4) is 0 Å². The first kappa shape index (κ1) is 19.0. The smallest absolute Gasteiger partial charge is 0.407 e. The fourth-order valence-corrected chi connectivity index (χ4v) is 3.86. The number of hydrogen-bond acceptors (Lipinski definition) is 2. The average Bonchev–Trinajstić information content (AvgIpc) is 2.65. The van der Waals surface area contributed by atoms with Crippen molar-refractivity contribution in [1.29, 1.82) is 0 Å². The zero-order chi connectivity index (χ0) is 18.7. The summed E-state index contributed by atoms with van der Waals surface area (Å²) in [5, 5.41) is 10.8. The zero-order valence-electron chi connectivity index (χ0n) is 14.6. The van der Waals surface area contributed by atoms with Gasteiger partial charge in [0.1, 0.15) is 0 Å². The Bertz CT molecular complexity index is 704. The van der Waals surface area contributed by atoms with E-state index in [0.717, 1.165) is 17.5 Å². The van der Waals surface area contributed by atoms with Gasteiger partial charge in [0.15, 0.2) is 0 Å². The molecule has 0 saturated carbocycles. The number of halogens is 2. The van der Waals surface area contributed by atoms with Crippen molar-refractivity contribution in [3.05, 3.63) is 69.7 Å². The van der Waals surface area contributed by atoms with Gasteiger partial charge in [-0.25, -0.2) is 4.79 Å². The molecule has 1 fully saturated rings. The fourth-order valence-electron chi connectivity index (χ4n) is 3.61. The third-order valence-electron chi connectivity index (χ3n) is 4.97. The lowest BCUT2D eigenvalue weighted by Crippen LogP contribution is -2.55. The number of hydrogen-bond donors (Lipinski definition) is 1. The van der Waals surface area contributed by atoms with Crippen molar-refractivity contribution in [3.63, 3.8) is 0 Å². The summed E-state index contributed by atoms with van der Waals surface area (Å²) in [7, 11) is 0. The lowest BCUT2D eigenvalue weighted by Gasteiger charge is -2.44. The van der Waals surface area contributed by atoms with Crippen molar-refractivity contribution in [2.75, 3.05) is 19.6 Å². The van der Waals surface area contributed by atoms with Crippen LogP contribution >= 0.6 is 23.2 Å². The van der Waals surface area contributed by atoms with E-state index in [0.29, 0.717) is 29.7 Å². The Morgan fingerprint density at radius 1 is 1.04 bits per heavy atom. The molecule has 6 heteroatoms. The lowest BCUT2D eigenvalue weighted by atomic mass is 9.94. The molecule has 1 aliphatic rings. The Labute approximate surface area is 163 Å². The summed E-state index contributed by atoms with van der Waals surface area (Å²) in [6.45, 7) is 3.80. The van der Waals surface area contributed by atoms with Crippen LogP contribution in [0.1, 0.15) is 30.5 Å². The van der Waals surface area contributed by atoms with E-state index in [1.807, 2.05) is 48.5 Å². The van der Waals surface area contributed by atoms with Crippen molar-refractivity contribution in [3.8, 4) is 0 Å². The molecule has 1 amide bonds. The van der Waals surface area contributed by atoms with Gasteiger partial charge in [0, 0.05) is 35.7 Å². The first-order chi connectivity index (χ1) is 12.5. The Hall–Kier alpha value is -1.75. The number of carbonyl (C=O) groups is 1. The maximum atomic E-state index is 11.4. The second-order valence-electron chi connectivity index (χ2n) is 6.53. The Morgan fingerprint density at radius 2 is 1.54 bits per heavy atom. The van der Waals surface area contributed by atoms with Crippen molar-refractivity contribution >= 4 is 29.3 Å². The van der Waals surface area contributed by atoms with Crippen molar-refractivity contribution in [2.24, 2.45) is 0 Å². The normalized spacial score (nSPS) is 18.3. The van der Waals surface area contributed by atoms with E-state index in [1.165, 1.54) is 4.90 Å². The van der Waals surface area contributed by atoms with Gasteiger partial charge in [0.2, 0.25) is 0 Å². The van der Waals surface area contributed by atoms with Crippen LogP contribution in [-0.2, 0) is 0 Å². The second kappa shape index (κ2) is 8.30. The van der Waals surface area contributed by atoms with Gasteiger partial charge in [-0.05, 0) is 41.8 Å². The minimum atomic E-state index is -0.849. The number of amides is 1. The predicted molar refractivity (Wildman–Crippen MR) is 105 cm³/mol. The van der Waals surface area contributed by atoms with E-state index in [2.05, 4.69) is 11.8 Å². The molecule has 1 aliphatic heterocycles. The molecule has 0 radical (unpaired) electrons. The summed E-state index contributed by atoms with van der Waals surface area (Å²) >= 11 is 12.2. The highest BCUT2D eigenvalue weighted by Gasteiger charge is 2.34. The van der Waals surface area contributed by atoms with Crippen LogP contribution in [0.2, 0.25) is 10.0 Å². The first-order valence-electron chi connectivity index (χ1n) is 8.74. The fraction of sp³-hybridized carbons (Fsp3) is 0.350. The molecule has 0 aliphatic carbocycles. The highest BCUT2D eigenvalue weighted by Crippen LogP contribution is 2.34. The van der Waals surface area contributed by atoms with Crippen molar-refractivity contribution < 1.29 is 9.90 Å². The number of carboxylic acid groups (broad SMARTS) is 1. The monoisotopic (exact) mass is 392 g/mol. The molecule has 1 saturated heterocycles. The minimum absolute atomic E-state index is 0.0328. The van der Waals surface area contributed by atoms with Gasteiger partial charge < -0.3 is 10.0 Å². The van der Waals surface area contributed by atoms with Crippen LogP contribution in [0.15, 0.2) is 48.5 Å². The zero-order valence-corrected chi connectivity index (χ0v) is 16.1. The molecule has 1 atom stereocenters. The summed E-state index contributed by atoms with van der Waals surface area (Å²) in [6.07, 6.45) is 0.0270. The lowest BCUT2D eigenvalue weighted by molar-refractivity contribution is 0.0494. The molecule has 1 unspecified atom stereocenters. The van der Waals surface area contributed by atoms with Crippen molar-refractivity contribution in [1.82, 2.24) is 9.80 Å². The molecular weight excluding hydrogens is 371 g/mol. The highest BCUT2D eigenvalue weighted by atomic mass is 35.5. The van der Waals surface area contributed by atoms with E-state index >= 15 is 0 Å². The van der Waals surface area contributed by atoms with Crippen molar-refractivity contribution in [2.45, 2.75) is 25.4 Å². The van der Waals surface area contributed by atoms with Gasteiger partial charge in [-0.2, -0.15) is 0 Å². The molecule has 1 heterocycles. The predicted octanol–water partition coefficient (Wildman–Crippen LogP) is 5.16. The molecule has 0 aromatic heterocycles. The van der Waals surface area contributed by atoms with Crippen LogP contribution in [0.5, 0.6) is 0 Å². The van der Waals surface area contributed by atoms with Gasteiger partial charge in [-0.1, -0.05) is 54.4 Å². The maximum absolute atomic E-state index is 11.4. The van der Waals surface area contributed by atoms with E-state index in [9.17, 15) is 9.90 Å². The molecule has 4 nitrogen and oxygen atoms in total. The summed E-state index contributed by atoms with van der Waals surface area (Å²) in [4.78, 5) is 15.3. The molecular formula is C20H22Cl2N2O2. The number of benzene rings is 2. The second-order valence-corrected chi connectivity index (χ2v) is 7.41. The van der Waals surface area contributed by atoms with Gasteiger partial charge in [-0.3, -0.25) is 4.90 Å². The van der Waals surface area contributed by atoms with Gasteiger partial charge >= 0.3 is 6.09 Å². The molecule has 2 aromatic rings. The van der Waals surface area contributed by atoms with Gasteiger partial charge in [0.25, 0.3) is 0 Å². The Morgan fingerprint density at radius 3 is 1.96 bits per heavy atom.